The summed E-state index contributed by atoms with van der Waals surface area (Å²) in [5.74, 6) is 1.85. The van der Waals surface area contributed by atoms with Crippen LogP contribution in [0.2, 0.25) is 0 Å². The van der Waals surface area contributed by atoms with E-state index in [1.165, 1.54) is 5.39 Å². The molecule has 0 N–H and O–H groups in total. The van der Waals surface area contributed by atoms with E-state index in [-0.39, 0.29) is 0 Å². The first kappa shape index (κ1) is 36.5. The minimum Gasteiger partial charge on any atom is -0.310 e. The average molecular weight is 830 g/mol. The van der Waals surface area contributed by atoms with Gasteiger partial charge in [0.05, 0.1) is 39.7 Å². The zero-order valence-electron chi connectivity index (χ0n) is 34.8. The number of nitrogens with zero attached hydrogens (tertiary/aromatic N) is 7. The lowest BCUT2D eigenvalue weighted by Gasteiger charge is -2.14. The molecule has 65 heavy (non-hydrogen) atoms. The minimum absolute atomic E-state index is 0.594. The second-order valence-electron chi connectivity index (χ2n) is 16.3. The van der Waals surface area contributed by atoms with Gasteiger partial charge in [-0.15, -0.1) is 0 Å². The van der Waals surface area contributed by atoms with Crippen LogP contribution >= 0.6 is 0 Å². The molecule has 302 valence electrons. The molecular formula is C58H35N7. The zero-order chi connectivity index (χ0) is 43.0. The largest absolute Gasteiger partial charge is 0.310 e. The van der Waals surface area contributed by atoms with Gasteiger partial charge in [0.15, 0.2) is 23.2 Å². The van der Waals surface area contributed by atoms with Crippen molar-refractivity contribution in [3.8, 4) is 51.2 Å². The van der Waals surface area contributed by atoms with Gasteiger partial charge in [-0.2, -0.15) is 0 Å². The fraction of sp³-hybridized carbons (Fsp3) is 0. The number of aromatic nitrogens is 6. The molecule has 0 atom stereocenters. The van der Waals surface area contributed by atoms with Gasteiger partial charge in [0, 0.05) is 66.1 Å². The summed E-state index contributed by atoms with van der Waals surface area (Å²) >= 11 is 0. The molecule has 13 rings (SSSR count). The maximum absolute atomic E-state index is 7.99. The third-order valence-corrected chi connectivity index (χ3v) is 12.6. The Balaban J connectivity index is 1.16. The molecule has 0 aliphatic rings. The Morgan fingerprint density at radius 2 is 0.677 bits per heavy atom. The summed E-state index contributed by atoms with van der Waals surface area (Å²) in [4.78, 5) is 18.9. The molecule has 4 aromatic heterocycles. The first-order valence-corrected chi connectivity index (χ1v) is 21.7. The summed E-state index contributed by atoms with van der Waals surface area (Å²) in [5.41, 5.74) is 13.0. The maximum atomic E-state index is 7.99. The van der Waals surface area contributed by atoms with Gasteiger partial charge >= 0.3 is 0 Å². The highest BCUT2D eigenvalue weighted by Gasteiger charge is 2.29. The molecule has 13 aromatic rings. The van der Waals surface area contributed by atoms with Gasteiger partial charge in [-0.25, -0.2) is 19.8 Å². The highest BCUT2D eigenvalue weighted by molar-refractivity contribution is 6.40. The van der Waals surface area contributed by atoms with E-state index in [0.717, 1.165) is 93.8 Å². The zero-order valence-corrected chi connectivity index (χ0v) is 34.8. The first-order valence-electron chi connectivity index (χ1n) is 21.7. The summed E-state index contributed by atoms with van der Waals surface area (Å²) in [6.45, 7) is 7.99. The Morgan fingerprint density at radius 1 is 0.323 bits per heavy atom. The summed E-state index contributed by atoms with van der Waals surface area (Å²) in [7, 11) is 0. The van der Waals surface area contributed by atoms with Crippen LogP contribution in [-0.2, 0) is 0 Å². The van der Waals surface area contributed by atoms with Crippen LogP contribution in [0.15, 0.2) is 212 Å². The van der Waals surface area contributed by atoms with E-state index in [2.05, 4.69) is 152 Å². The molecule has 0 unspecified atom stereocenters. The molecule has 0 fully saturated rings. The number of hydrogen-bond acceptors (Lipinski definition) is 3. The minimum atomic E-state index is 0.594. The molecular weight excluding hydrogens is 795 g/mol. The van der Waals surface area contributed by atoms with Crippen LogP contribution in [0.5, 0.6) is 0 Å². The van der Waals surface area contributed by atoms with Crippen LogP contribution in [0.25, 0.3) is 121 Å². The van der Waals surface area contributed by atoms with Crippen molar-refractivity contribution >= 4 is 71.1 Å². The molecule has 7 heteroatoms. The number of hydrogen-bond donors (Lipinski definition) is 0. The van der Waals surface area contributed by atoms with Crippen molar-refractivity contribution in [3.63, 3.8) is 0 Å². The van der Waals surface area contributed by atoms with E-state index < -0.39 is 0 Å². The second-order valence-corrected chi connectivity index (χ2v) is 16.3. The van der Waals surface area contributed by atoms with E-state index in [0.29, 0.717) is 23.2 Å². The van der Waals surface area contributed by atoms with Gasteiger partial charge in [0.2, 0.25) is 0 Å². The van der Waals surface area contributed by atoms with Crippen molar-refractivity contribution in [2.24, 2.45) is 0 Å². The normalized spacial score (nSPS) is 11.7. The molecule has 0 amide bonds. The van der Waals surface area contributed by atoms with Crippen LogP contribution in [0.1, 0.15) is 0 Å². The molecule has 0 saturated heterocycles. The number of rotatable bonds is 6. The average Bonchev–Trinajstić information content (AvgIpc) is 4.03. The van der Waals surface area contributed by atoms with E-state index >= 15 is 0 Å². The SMILES string of the molecule is [C-]#[N+]c1cccc(-n2c3ccccc3c3c4c(c5ccccc5n4-c4ccccc4)c4c(c5ccccc5n4-c4ccc(-c5nc(-c6ccccc6)nc(-c6ccccc6)n5)cc4)c32)c1. The van der Waals surface area contributed by atoms with Crippen LogP contribution in [0, 0.1) is 6.57 Å². The van der Waals surface area contributed by atoms with E-state index in [1.54, 1.807) is 0 Å². The molecule has 0 radical (unpaired) electrons. The predicted molar refractivity (Wildman–Crippen MR) is 265 cm³/mol. The lowest BCUT2D eigenvalue weighted by Crippen LogP contribution is -2.00. The fourth-order valence-corrected chi connectivity index (χ4v) is 9.93. The maximum Gasteiger partial charge on any atom is 0.189 e. The molecule has 4 heterocycles. The number of para-hydroxylation sites is 4. The second kappa shape index (κ2) is 14.5. The Kier molecular flexibility index (Phi) is 8.14. The van der Waals surface area contributed by atoms with Crippen molar-refractivity contribution in [2.75, 3.05) is 0 Å². The highest BCUT2D eigenvalue weighted by Crippen LogP contribution is 2.50. The Labute approximate surface area is 373 Å². The van der Waals surface area contributed by atoms with Crippen LogP contribution in [0.3, 0.4) is 0 Å². The molecule has 0 aliphatic carbocycles. The molecule has 0 saturated carbocycles. The van der Waals surface area contributed by atoms with Crippen molar-refractivity contribution < 1.29 is 0 Å². The Morgan fingerprint density at radius 3 is 1.12 bits per heavy atom. The van der Waals surface area contributed by atoms with E-state index in [1.807, 2.05) is 78.9 Å². The van der Waals surface area contributed by atoms with Crippen LogP contribution < -0.4 is 0 Å². The summed E-state index contributed by atoms with van der Waals surface area (Å²) in [5, 5.41) is 6.92. The van der Waals surface area contributed by atoms with Gasteiger partial charge in [0.25, 0.3) is 0 Å². The number of fused-ring (bicyclic) bond motifs is 12. The predicted octanol–water partition coefficient (Wildman–Crippen LogP) is 14.7. The Bertz CT molecular complexity index is 3990. The summed E-state index contributed by atoms with van der Waals surface area (Å²) in [6, 6.07) is 73.7. The lowest BCUT2D eigenvalue weighted by molar-refractivity contribution is 1.07. The van der Waals surface area contributed by atoms with Crippen LogP contribution in [0.4, 0.5) is 5.69 Å². The third kappa shape index (κ3) is 5.58. The molecule has 0 spiro atoms. The molecule has 0 bridgehead atoms. The van der Waals surface area contributed by atoms with E-state index in [9.17, 15) is 0 Å². The van der Waals surface area contributed by atoms with Gasteiger partial charge in [0.1, 0.15) is 0 Å². The topological polar surface area (TPSA) is 57.8 Å². The molecule has 0 aliphatic heterocycles. The van der Waals surface area contributed by atoms with Gasteiger partial charge in [-0.1, -0.05) is 146 Å². The molecule has 7 nitrogen and oxygen atoms in total. The Hall–Kier alpha value is -9.12. The fourth-order valence-electron chi connectivity index (χ4n) is 9.93. The van der Waals surface area contributed by atoms with Crippen molar-refractivity contribution in [1.82, 2.24) is 28.7 Å². The summed E-state index contributed by atoms with van der Waals surface area (Å²) in [6.07, 6.45) is 0. The highest BCUT2D eigenvalue weighted by atomic mass is 15.1. The van der Waals surface area contributed by atoms with Crippen molar-refractivity contribution in [1.29, 1.82) is 0 Å². The monoisotopic (exact) mass is 829 g/mol. The first-order chi connectivity index (χ1) is 32.2. The quantitative estimate of drug-likeness (QED) is 0.157. The molecule has 9 aromatic carbocycles. The van der Waals surface area contributed by atoms with Gasteiger partial charge in [-0.05, 0) is 66.7 Å². The lowest BCUT2D eigenvalue weighted by atomic mass is 10.0. The summed E-state index contributed by atoms with van der Waals surface area (Å²) < 4.78 is 7.26. The smallest absolute Gasteiger partial charge is 0.189 e. The third-order valence-electron chi connectivity index (χ3n) is 12.6. The number of benzene rings is 9. The van der Waals surface area contributed by atoms with Crippen molar-refractivity contribution in [3.05, 3.63) is 224 Å². The van der Waals surface area contributed by atoms with Crippen molar-refractivity contribution in [2.45, 2.75) is 0 Å². The standard InChI is InChI=1S/C58H35N7/c1-59-40-22-17-25-43(36-40)65-49-31-16-13-28-46(49)52-53-50(44-26-11-14-29-47(44)63(53)41-23-9-4-10-24-41)54-51(55(52)65)45-27-12-15-30-48(45)64(54)42-34-32-39(33-35-42)58-61-56(37-18-5-2-6-19-37)60-57(62-58)38-20-7-3-8-21-38/h2-36H. The van der Waals surface area contributed by atoms with Crippen LogP contribution in [-0.4, -0.2) is 28.7 Å². The van der Waals surface area contributed by atoms with Gasteiger partial charge < -0.3 is 13.7 Å². The van der Waals surface area contributed by atoms with Gasteiger partial charge in [-0.3, -0.25) is 0 Å². The van der Waals surface area contributed by atoms with E-state index in [4.69, 9.17) is 21.5 Å².